The fourth-order valence-electron chi connectivity index (χ4n) is 3.06. The van der Waals surface area contributed by atoms with E-state index >= 15 is 0 Å². The van der Waals surface area contributed by atoms with E-state index in [-0.39, 0.29) is 19.0 Å². The zero-order valence-electron chi connectivity index (χ0n) is 13.6. The second kappa shape index (κ2) is 7.25. The topological polar surface area (TPSA) is 28.5 Å². The van der Waals surface area contributed by atoms with Crippen LogP contribution >= 0.6 is 11.6 Å². The summed E-state index contributed by atoms with van der Waals surface area (Å²) in [6.07, 6.45) is -3.09. The van der Waals surface area contributed by atoms with Crippen LogP contribution in [0, 0.1) is 0 Å². The van der Waals surface area contributed by atoms with E-state index in [4.69, 9.17) is 11.6 Å². The lowest BCUT2D eigenvalue weighted by Gasteiger charge is -2.35. The van der Waals surface area contributed by atoms with Crippen molar-refractivity contribution in [3.63, 3.8) is 0 Å². The highest BCUT2D eigenvalue weighted by molar-refractivity contribution is 6.31. The number of aromatic nitrogens is 1. The zero-order chi connectivity index (χ0) is 18.0. The van der Waals surface area contributed by atoms with Gasteiger partial charge in [0, 0.05) is 54.8 Å². The maximum absolute atomic E-state index is 12.5. The van der Waals surface area contributed by atoms with Gasteiger partial charge in [-0.25, -0.2) is 0 Å². The molecule has 3 rings (SSSR count). The van der Waals surface area contributed by atoms with Crippen LogP contribution in [-0.2, 0) is 11.3 Å². The second-order valence-corrected chi connectivity index (χ2v) is 6.67. The van der Waals surface area contributed by atoms with E-state index in [2.05, 4.69) is 0 Å². The van der Waals surface area contributed by atoms with E-state index in [0.717, 1.165) is 10.9 Å². The van der Waals surface area contributed by atoms with Crippen molar-refractivity contribution in [3.8, 4) is 0 Å². The molecular formula is C17H19ClF3N3O. The van der Waals surface area contributed by atoms with Crippen molar-refractivity contribution in [2.24, 2.45) is 0 Å². The molecule has 1 aliphatic rings. The van der Waals surface area contributed by atoms with Crippen molar-refractivity contribution >= 4 is 28.4 Å². The molecule has 1 aromatic heterocycles. The maximum atomic E-state index is 12.5. The number of benzene rings is 1. The van der Waals surface area contributed by atoms with Gasteiger partial charge in [-0.3, -0.25) is 9.69 Å². The number of alkyl halides is 3. The highest BCUT2D eigenvalue weighted by Gasteiger charge is 2.29. The summed E-state index contributed by atoms with van der Waals surface area (Å²) >= 11 is 5.96. The normalized spacial score (nSPS) is 16.6. The summed E-state index contributed by atoms with van der Waals surface area (Å²) in [6.45, 7) is 2.08. The van der Waals surface area contributed by atoms with Gasteiger partial charge in [0.2, 0.25) is 5.91 Å². The summed E-state index contributed by atoms with van der Waals surface area (Å²) in [5.74, 6) is -0.0251. The second-order valence-electron chi connectivity index (χ2n) is 6.23. The Bertz CT molecular complexity index is 751. The van der Waals surface area contributed by atoms with Crippen molar-refractivity contribution in [1.29, 1.82) is 0 Å². The fraction of sp³-hybridized carbons (Fsp3) is 0.471. The molecule has 2 heterocycles. The molecule has 1 fully saturated rings. The Hall–Kier alpha value is -1.73. The van der Waals surface area contributed by atoms with Crippen molar-refractivity contribution < 1.29 is 18.0 Å². The van der Waals surface area contributed by atoms with Gasteiger partial charge in [0.25, 0.3) is 0 Å². The molecule has 0 spiro atoms. The lowest BCUT2D eigenvalue weighted by molar-refractivity contribution is -0.141. The van der Waals surface area contributed by atoms with E-state index in [0.29, 0.717) is 31.2 Å². The minimum atomic E-state index is -4.13. The average Bonchev–Trinajstić information content (AvgIpc) is 2.94. The van der Waals surface area contributed by atoms with E-state index in [1.54, 1.807) is 15.9 Å². The highest BCUT2D eigenvalue weighted by atomic mass is 35.5. The molecule has 0 saturated carbocycles. The Morgan fingerprint density at radius 3 is 2.52 bits per heavy atom. The molecule has 0 N–H and O–H groups in total. The number of amides is 1. The highest BCUT2D eigenvalue weighted by Crippen LogP contribution is 2.21. The first-order chi connectivity index (χ1) is 11.8. The zero-order valence-corrected chi connectivity index (χ0v) is 14.4. The van der Waals surface area contributed by atoms with Crippen LogP contribution in [0.3, 0.4) is 0 Å². The van der Waals surface area contributed by atoms with Crippen molar-refractivity contribution in [3.05, 3.63) is 35.5 Å². The van der Waals surface area contributed by atoms with Crippen molar-refractivity contribution in [2.45, 2.75) is 19.1 Å². The summed E-state index contributed by atoms with van der Waals surface area (Å²) in [5, 5.41) is 1.61. The van der Waals surface area contributed by atoms with Crippen LogP contribution < -0.4 is 0 Å². The lowest BCUT2D eigenvalue weighted by Crippen LogP contribution is -2.50. The van der Waals surface area contributed by atoms with Crippen molar-refractivity contribution in [2.75, 3.05) is 32.7 Å². The van der Waals surface area contributed by atoms with Gasteiger partial charge in [-0.2, -0.15) is 13.2 Å². The molecule has 136 valence electrons. The molecule has 25 heavy (non-hydrogen) atoms. The molecule has 2 aromatic rings. The number of halogens is 4. The Morgan fingerprint density at radius 1 is 1.12 bits per heavy atom. The van der Waals surface area contributed by atoms with Gasteiger partial charge in [0.15, 0.2) is 0 Å². The summed E-state index contributed by atoms with van der Waals surface area (Å²) in [5.41, 5.74) is 0.932. The predicted molar refractivity (Wildman–Crippen MR) is 90.6 cm³/mol. The third kappa shape index (κ3) is 4.67. The third-order valence-electron chi connectivity index (χ3n) is 4.48. The molecule has 1 aliphatic heterocycles. The summed E-state index contributed by atoms with van der Waals surface area (Å²) in [7, 11) is 0. The first-order valence-corrected chi connectivity index (χ1v) is 8.51. The Morgan fingerprint density at radius 2 is 1.84 bits per heavy atom. The van der Waals surface area contributed by atoms with Crippen LogP contribution in [0.1, 0.15) is 6.42 Å². The first-order valence-electron chi connectivity index (χ1n) is 8.13. The molecule has 1 amide bonds. The van der Waals surface area contributed by atoms with Crippen LogP contribution in [0.15, 0.2) is 30.5 Å². The molecule has 8 heteroatoms. The fourth-order valence-corrected chi connectivity index (χ4v) is 3.24. The molecule has 1 aromatic carbocycles. The van der Waals surface area contributed by atoms with Crippen LogP contribution in [0.5, 0.6) is 0 Å². The average molecular weight is 374 g/mol. The number of rotatable bonds is 4. The van der Waals surface area contributed by atoms with Gasteiger partial charge in [-0.15, -0.1) is 0 Å². The largest absolute Gasteiger partial charge is 0.390 e. The monoisotopic (exact) mass is 373 g/mol. The Kier molecular flexibility index (Phi) is 5.24. The minimum absolute atomic E-state index is 0.00543. The quantitative estimate of drug-likeness (QED) is 0.822. The number of carbonyl (C=O) groups is 1. The van der Waals surface area contributed by atoms with E-state index < -0.39 is 12.6 Å². The number of hydrogen-bond donors (Lipinski definition) is 0. The SMILES string of the molecule is O=C(Cn1ccc2cc(Cl)ccc21)N1CCN(CCC(F)(F)F)CC1. The van der Waals surface area contributed by atoms with Crippen LogP contribution in [0.4, 0.5) is 13.2 Å². The van der Waals surface area contributed by atoms with Gasteiger partial charge < -0.3 is 9.47 Å². The predicted octanol–water partition coefficient (Wildman–Crippen LogP) is 3.39. The molecule has 0 unspecified atom stereocenters. The number of carbonyl (C=O) groups excluding carboxylic acids is 1. The maximum Gasteiger partial charge on any atom is 0.390 e. The minimum Gasteiger partial charge on any atom is -0.339 e. The lowest BCUT2D eigenvalue weighted by atomic mass is 10.2. The molecule has 0 aliphatic carbocycles. The smallest absolute Gasteiger partial charge is 0.339 e. The van der Waals surface area contributed by atoms with Crippen LogP contribution in [0.25, 0.3) is 10.9 Å². The number of hydrogen-bond acceptors (Lipinski definition) is 2. The first kappa shape index (κ1) is 18.1. The molecule has 0 atom stereocenters. The standard InChI is InChI=1S/C17H19ClF3N3O/c18-14-1-2-15-13(11-14)3-5-24(15)12-16(25)23-9-7-22(8-10-23)6-4-17(19,20)21/h1-3,5,11H,4,6-10,12H2. The van der Waals surface area contributed by atoms with Crippen molar-refractivity contribution in [1.82, 2.24) is 14.4 Å². The van der Waals surface area contributed by atoms with Gasteiger partial charge in [0.1, 0.15) is 6.54 Å². The Labute approximate surface area is 148 Å². The molecule has 0 radical (unpaired) electrons. The van der Waals surface area contributed by atoms with Gasteiger partial charge >= 0.3 is 6.18 Å². The molecule has 0 bridgehead atoms. The number of piperazine rings is 1. The number of fused-ring (bicyclic) bond motifs is 1. The van der Waals surface area contributed by atoms with Crippen LogP contribution in [0.2, 0.25) is 5.02 Å². The number of nitrogens with zero attached hydrogens (tertiary/aromatic N) is 3. The van der Waals surface area contributed by atoms with E-state index in [1.165, 1.54) is 0 Å². The molecular weight excluding hydrogens is 355 g/mol. The third-order valence-corrected chi connectivity index (χ3v) is 4.71. The van der Waals surface area contributed by atoms with E-state index in [9.17, 15) is 18.0 Å². The molecule has 4 nitrogen and oxygen atoms in total. The van der Waals surface area contributed by atoms with Gasteiger partial charge in [0.05, 0.1) is 6.42 Å². The summed E-state index contributed by atoms with van der Waals surface area (Å²) < 4.78 is 38.7. The molecule has 1 saturated heterocycles. The summed E-state index contributed by atoms with van der Waals surface area (Å²) in [6, 6.07) is 7.41. The van der Waals surface area contributed by atoms with Gasteiger partial charge in [-0.1, -0.05) is 11.6 Å². The Balaban J connectivity index is 1.54. The van der Waals surface area contributed by atoms with Crippen LogP contribution in [-0.4, -0.2) is 59.2 Å². The van der Waals surface area contributed by atoms with Gasteiger partial charge in [-0.05, 0) is 24.3 Å². The van der Waals surface area contributed by atoms with E-state index in [1.807, 2.05) is 29.0 Å². The summed E-state index contributed by atoms with van der Waals surface area (Å²) in [4.78, 5) is 15.9.